The van der Waals surface area contributed by atoms with E-state index in [1.54, 1.807) is 14.2 Å². The maximum Gasteiger partial charge on any atom is 0.225 e. The minimum Gasteiger partial charge on any atom is -0.381 e. The van der Waals surface area contributed by atoms with Crippen LogP contribution in [0.5, 0.6) is 0 Å². The lowest BCUT2D eigenvalue weighted by molar-refractivity contribution is -0.146. The molecule has 0 N–H and O–H groups in total. The third-order valence-corrected chi connectivity index (χ3v) is 8.77. The molecule has 240 valence electrons. The monoisotopic (exact) mass is 599 g/mol. The molecule has 0 radical (unpaired) electrons. The minimum absolute atomic E-state index is 0.0547. The number of morpholine rings is 1. The van der Waals surface area contributed by atoms with E-state index < -0.39 is 6.29 Å². The Morgan fingerprint density at radius 2 is 1.86 bits per heavy atom. The van der Waals surface area contributed by atoms with Gasteiger partial charge in [0.25, 0.3) is 0 Å². The lowest BCUT2D eigenvalue weighted by atomic mass is 9.89. The fraction of sp³-hybridized carbons (Fsp3) is 0.697. The van der Waals surface area contributed by atoms with Crippen LogP contribution < -0.4 is 4.90 Å². The molecule has 0 bridgehead atoms. The summed E-state index contributed by atoms with van der Waals surface area (Å²) in [6.07, 6.45) is 7.96. The summed E-state index contributed by atoms with van der Waals surface area (Å²) in [5.74, 6) is 1.14. The van der Waals surface area contributed by atoms with Gasteiger partial charge in [-0.3, -0.25) is 9.48 Å². The van der Waals surface area contributed by atoms with E-state index in [1.807, 2.05) is 22.8 Å². The van der Waals surface area contributed by atoms with E-state index in [9.17, 15) is 4.79 Å². The van der Waals surface area contributed by atoms with Crippen molar-refractivity contribution in [3.8, 4) is 0 Å². The Labute approximate surface area is 258 Å². The summed E-state index contributed by atoms with van der Waals surface area (Å²) >= 11 is 0. The molecule has 2 aliphatic heterocycles. The van der Waals surface area contributed by atoms with Gasteiger partial charge in [-0.1, -0.05) is 37.6 Å². The molecule has 10 heteroatoms. The smallest absolute Gasteiger partial charge is 0.225 e. The van der Waals surface area contributed by atoms with E-state index in [-0.39, 0.29) is 11.5 Å². The fourth-order valence-corrected chi connectivity index (χ4v) is 6.03. The zero-order chi connectivity index (χ0) is 30.5. The van der Waals surface area contributed by atoms with Crippen molar-refractivity contribution >= 4 is 11.7 Å². The largest absolute Gasteiger partial charge is 0.381 e. The van der Waals surface area contributed by atoms with Crippen molar-refractivity contribution in [3.63, 3.8) is 0 Å². The SMILES string of the molecule is CCCCN(CC(OC)OC)C(=O)CCOCCc1cccc(CCN2CCC3(CC2)CN(c2ccn(C)n2)CCO3)c1. The number of anilines is 1. The number of hydrogen-bond acceptors (Lipinski definition) is 8. The number of methoxy groups -OCH3 is 2. The molecule has 43 heavy (non-hydrogen) atoms. The summed E-state index contributed by atoms with van der Waals surface area (Å²) in [7, 11) is 5.17. The van der Waals surface area contributed by atoms with Crippen LogP contribution in [0.15, 0.2) is 36.5 Å². The standard InChI is InChI=1S/C33H53N5O5/c1-5-6-16-37(26-32(40-3)41-4)31(39)13-23-42-22-12-29-9-7-8-28(25-29)10-18-36-19-14-33(15-20-36)27-38(21-24-43-33)30-11-17-35(2)34-30/h7-9,11,17,25,32H,5-6,10,12-16,18-24,26-27H2,1-4H3. The molecule has 0 saturated carbocycles. The van der Waals surface area contributed by atoms with Gasteiger partial charge in [0.05, 0.1) is 38.4 Å². The maximum atomic E-state index is 12.8. The Bertz CT molecular complexity index is 1100. The highest BCUT2D eigenvalue weighted by Crippen LogP contribution is 2.32. The van der Waals surface area contributed by atoms with Gasteiger partial charge in [0, 0.05) is 72.8 Å². The summed E-state index contributed by atoms with van der Waals surface area (Å²) in [5.41, 5.74) is 2.58. The van der Waals surface area contributed by atoms with Gasteiger partial charge in [-0.25, -0.2) is 0 Å². The van der Waals surface area contributed by atoms with Crippen molar-refractivity contribution in [2.75, 3.05) is 84.8 Å². The van der Waals surface area contributed by atoms with Crippen LogP contribution in [0.3, 0.4) is 0 Å². The summed E-state index contributed by atoms with van der Waals surface area (Å²) in [6.45, 7) is 10.1. The number of amides is 1. The van der Waals surface area contributed by atoms with Crippen molar-refractivity contribution in [1.29, 1.82) is 0 Å². The lowest BCUT2D eigenvalue weighted by Crippen LogP contribution is -2.57. The second-order valence-electron chi connectivity index (χ2n) is 11.9. The number of carbonyl (C=O) groups excluding carboxylic acids is 1. The predicted molar refractivity (Wildman–Crippen MR) is 168 cm³/mol. The van der Waals surface area contributed by atoms with Crippen LogP contribution in [-0.4, -0.2) is 117 Å². The number of ether oxygens (including phenoxy) is 4. The summed E-state index contributed by atoms with van der Waals surface area (Å²) in [6, 6.07) is 10.9. The van der Waals surface area contributed by atoms with Crippen molar-refractivity contribution in [2.45, 2.75) is 63.8 Å². The Kier molecular flexibility index (Phi) is 13.3. The molecule has 10 nitrogen and oxygen atoms in total. The highest BCUT2D eigenvalue weighted by atomic mass is 16.7. The first-order chi connectivity index (χ1) is 20.9. The Balaban J connectivity index is 1.14. The van der Waals surface area contributed by atoms with Crippen LogP contribution in [0.2, 0.25) is 0 Å². The van der Waals surface area contributed by atoms with E-state index in [0.29, 0.717) is 32.7 Å². The molecule has 3 heterocycles. The Morgan fingerprint density at radius 3 is 2.56 bits per heavy atom. The molecular formula is C33H53N5O5. The average molecular weight is 600 g/mol. The third-order valence-electron chi connectivity index (χ3n) is 8.77. The van der Waals surface area contributed by atoms with Gasteiger partial charge in [-0.2, -0.15) is 5.10 Å². The van der Waals surface area contributed by atoms with E-state index in [2.05, 4.69) is 52.2 Å². The number of aromatic nitrogens is 2. The van der Waals surface area contributed by atoms with Crippen molar-refractivity contribution in [1.82, 2.24) is 19.6 Å². The first kappa shape index (κ1) is 33.4. The minimum atomic E-state index is -0.407. The molecule has 4 rings (SSSR count). The Morgan fingerprint density at radius 1 is 1.09 bits per heavy atom. The zero-order valence-electron chi connectivity index (χ0n) is 26.8. The molecule has 0 unspecified atom stereocenters. The van der Waals surface area contributed by atoms with E-state index in [1.165, 1.54) is 11.1 Å². The highest BCUT2D eigenvalue weighted by Gasteiger charge is 2.40. The Hall–Kier alpha value is -2.50. The lowest BCUT2D eigenvalue weighted by Gasteiger charge is -2.47. The third kappa shape index (κ3) is 10.3. The fourth-order valence-electron chi connectivity index (χ4n) is 6.03. The number of rotatable bonds is 17. The van der Waals surface area contributed by atoms with Gasteiger partial charge in [-0.15, -0.1) is 0 Å². The molecule has 2 saturated heterocycles. The number of hydrogen-bond donors (Lipinski definition) is 0. The predicted octanol–water partition coefficient (Wildman–Crippen LogP) is 3.53. The molecule has 0 aliphatic carbocycles. The summed E-state index contributed by atoms with van der Waals surface area (Å²) in [4.78, 5) is 19.6. The molecule has 2 aliphatic rings. The second-order valence-corrected chi connectivity index (χ2v) is 11.9. The number of likely N-dealkylation sites (tertiary alicyclic amines) is 1. The van der Waals surface area contributed by atoms with Crippen LogP contribution >= 0.6 is 0 Å². The number of aryl methyl sites for hydroxylation is 1. The molecule has 0 atom stereocenters. The van der Waals surface area contributed by atoms with Gasteiger partial charge < -0.3 is 33.6 Å². The summed E-state index contributed by atoms with van der Waals surface area (Å²) in [5, 5.41) is 4.61. The molecule has 1 amide bonds. The van der Waals surface area contributed by atoms with E-state index >= 15 is 0 Å². The number of nitrogens with zero attached hydrogens (tertiary/aromatic N) is 5. The second kappa shape index (κ2) is 17.1. The van der Waals surface area contributed by atoms with Crippen molar-refractivity contribution in [3.05, 3.63) is 47.7 Å². The van der Waals surface area contributed by atoms with Gasteiger partial charge in [0.15, 0.2) is 12.1 Å². The number of carbonyl (C=O) groups is 1. The molecule has 1 spiro atoms. The summed E-state index contributed by atoms with van der Waals surface area (Å²) < 4.78 is 24.7. The van der Waals surface area contributed by atoms with Gasteiger partial charge in [0.1, 0.15) is 0 Å². The van der Waals surface area contributed by atoms with Crippen molar-refractivity contribution < 1.29 is 23.7 Å². The average Bonchev–Trinajstić information content (AvgIpc) is 3.47. The van der Waals surface area contributed by atoms with Crippen LogP contribution in [0.1, 0.15) is 50.2 Å². The first-order valence-electron chi connectivity index (χ1n) is 16.0. The van der Waals surface area contributed by atoms with Crippen LogP contribution in [0, 0.1) is 0 Å². The van der Waals surface area contributed by atoms with Gasteiger partial charge >= 0.3 is 0 Å². The van der Waals surface area contributed by atoms with Crippen LogP contribution in [-0.2, 0) is 43.6 Å². The van der Waals surface area contributed by atoms with Crippen LogP contribution in [0.25, 0.3) is 0 Å². The molecule has 1 aromatic heterocycles. The molecule has 2 aromatic rings. The van der Waals surface area contributed by atoms with Gasteiger partial charge in [0.2, 0.25) is 5.91 Å². The van der Waals surface area contributed by atoms with Crippen LogP contribution in [0.4, 0.5) is 5.82 Å². The maximum absolute atomic E-state index is 12.8. The molecule has 1 aromatic carbocycles. The topological polar surface area (TPSA) is 81.5 Å². The normalized spacial score (nSPS) is 17.2. The number of piperidine rings is 1. The molecular weight excluding hydrogens is 546 g/mol. The number of unbranched alkanes of at least 4 members (excludes halogenated alkanes) is 1. The zero-order valence-corrected chi connectivity index (χ0v) is 26.8. The van der Waals surface area contributed by atoms with E-state index in [0.717, 1.165) is 83.7 Å². The number of benzene rings is 1. The first-order valence-corrected chi connectivity index (χ1v) is 16.0. The highest BCUT2D eigenvalue weighted by molar-refractivity contribution is 5.76. The van der Waals surface area contributed by atoms with Gasteiger partial charge in [-0.05, 0) is 43.2 Å². The molecule has 2 fully saturated rings. The van der Waals surface area contributed by atoms with Crippen molar-refractivity contribution in [2.24, 2.45) is 7.05 Å². The quantitative estimate of drug-likeness (QED) is 0.202. The van der Waals surface area contributed by atoms with E-state index in [4.69, 9.17) is 18.9 Å².